The van der Waals surface area contributed by atoms with Crippen LogP contribution in [0, 0.1) is 0 Å². The molecule has 0 unspecified atom stereocenters. The molecule has 1 amide bonds. The van der Waals surface area contributed by atoms with Crippen molar-refractivity contribution in [3.8, 4) is 0 Å². The van der Waals surface area contributed by atoms with Crippen LogP contribution in [0.4, 0.5) is 0 Å². The summed E-state index contributed by atoms with van der Waals surface area (Å²) in [5.74, 6) is -0.350. The Kier molecular flexibility index (Phi) is 5.00. The van der Waals surface area contributed by atoms with Crippen molar-refractivity contribution in [1.82, 2.24) is 9.88 Å². The second-order valence-electron chi connectivity index (χ2n) is 6.48. The lowest BCUT2D eigenvalue weighted by Gasteiger charge is -2.17. The van der Waals surface area contributed by atoms with Gasteiger partial charge in [0.1, 0.15) is 5.01 Å². The van der Waals surface area contributed by atoms with Crippen molar-refractivity contribution in [3.05, 3.63) is 101 Å². The van der Waals surface area contributed by atoms with Crippen LogP contribution in [0.3, 0.4) is 0 Å². The molecule has 4 nitrogen and oxygen atoms in total. The van der Waals surface area contributed by atoms with E-state index in [4.69, 9.17) is 0 Å². The maximum atomic E-state index is 13.1. The Hall–Kier alpha value is -3.31. The van der Waals surface area contributed by atoms with Crippen molar-refractivity contribution < 1.29 is 9.59 Å². The highest BCUT2D eigenvalue weighted by molar-refractivity contribution is 7.18. The van der Waals surface area contributed by atoms with Gasteiger partial charge in [0.05, 0.1) is 22.3 Å². The number of nitrogens with zero attached hydrogens (tertiary/aromatic N) is 2. The summed E-state index contributed by atoms with van der Waals surface area (Å²) in [6.07, 6.45) is 0. The molecule has 4 aromatic rings. The number of carbonyl (C=O) groups is 2. The summed E-state index contributed by atoms with van der Waals surface area (Å²) in [4.78, 5) is 32.2. The standard InChI is InChI=1S/C23H18N2O2S/c1-25(15-21-24-19-13-7-8-14-20(19)28-21)23(27)18-12-6-5-11-17(18)22(26)16-9-3-2-4-10-16/h2-14H,15H2,1H3. The normalized spacial score (nSPS) is 10.8. The van der Waals surface area contributed by atoms with Crippen molar-refractivity contribution in [2.45, 2.75) is 6.54 Å². The second-order valence-corrected chi connectivity index (χ2v) is 7.59. The number of fused-ring (bicyclic) bond motifs is 1. The molecule has 5 heteroatoms. The Morgan fingerprint density at radius 3 is 2.25 bits per heavy atom. The molecular weight excluding hydrogens is 368 g/mol. The van der Waals surface area contributed by atoms with E-state index in [-0.39, 0.29) is 11.7 Å². The molecule has 1 aromatic heterocycles. The number of carbonyl (C=O) groups excluding carboxylic acids is 2. The molecule has 0 aliphatic carbocycles. The average molecular weight is 386 g/mol. The predicted octanol–water partition coefficient (Wildman–Crippen LogP) is 4.80. The number of hydrogen-bond acceptors (Lipinski definition) is 4. The molecule has 1 heterocycles. The fourth-order valence-corrected chi connectivity index (χ4v) is 4.10. The number of hydrogen-bond donors (Lipinski definition) is 0. The minimum atomic E-state index is -0.195. The third-order valence-electron chi connectivity index (χ3n) is 4.50. The van der Waals surface area contributed by atoms with Crippen LogP contribution in [-0.2, 0) is 6.54 Å². The molecule has 0 saturated carbocycles. The molecule has 0 spiro atoms. The van der Waals surface area contributed by atoms with E-state index in [0.29, 0.717) is 23.2 Å². The van der Waals surface area contributed by atoms with Gasteiger partial charge in [-0.1, -0.05) is 60.7 Å². The number of amides is 1. The van der Waals surface area contributed by atoms with Gasteiger partial charge in [0, 0.05) is 18.2 Å². The topological polar surface area (TPSA) is 50.3 Å². The van der Waals surface area contributed by atoms with E-state index in [1.807, 2.05) is 42.5 Å². The van der Waals surface area contributed by atoms with Crippen molar-refractivity contribution in [1.29, 1.82) is 0 Å². The van der Waals surface area contributed by atoms with E-state index >= 15 is 0 Å². The molecule has 0 bridgehead atoms. The number of para-hydroxylation sites is 1. The largest absolute Gasteiger partial charge is 0.335 e. The molecule has 4 rings (SSSR count). The average Bonchev–Trinajstić information content (AvgIpc) is 3.15. The Balaban J connectivity index is 1.60. The van der Waals surface area contributed by atoms with Gasteiger partial charge in [-0.2, -0.15) is 0 Å². The third kappa shape index (κ3) is 3.57. The van der Waals surface area contributed by atoms with E-state index in [9.17, 15) is 9.59 Å². The number of benzene rings is 3. The molecular formula is C23H18N2O2S. The van der Waals surface area contributed by atoms with Crippen LogP contribution < -0.4 is 0 Å². The maximum absolute atomic E-state index is 13.1. The predicted molar refractivity (Wildman–Crippen MR) is 112 cm³/mol. The quantitative estimate of drug-likeness (QED) is 0.463. The Bertz CT molecular complexity index is 1120. The van der Waals surface area contributed by atoms with E-state index in [0.717, 1.165) is 15.2 Å². The van der Waals surface area contributed by atoms with E-state index < -0.39 is 0 Å². The van der Waals surface area contributed by atoms with Crippen molar-refractivity contribution in [3.63, 3.8) is 0 Å². The van der Waals surface area contributed by atoms with E-state index in [2.05, 4.69) is 4.98 Å². The summed E-state index contributed by atoms with van der Waals surface area (Å²) in [6, 6.07) is 23.9. The van der Waals surface area contributed by atoms with Gasteiger partial charge < -0.3 is 4.90 Å². The van der Waals surface area contributed by atoms with Gasteiger partial charge in [-0.05, 0) is 18.2 Å². The summed E-state index contributed by atoms with van der Waals surface area (Å²) in [6.45, 7) is 0.395. The number of rotatable bonds is 5. The van der Waals surface area contributed by atoms with Crippen LogP contribution in [-0.4, -0.2) is 28.6 Å². The lowest BCUT2D eigenvalue weighted by atomic mass is 9.97. The Labute approximate surface area is 167 Å². The van der Waals surface area contributed by atoms with Crippen LogP contribution in [0.2, 0.25) is 0 Å². The zero-order chi connectivity index (χ0) is 19.5. The zero-order valence-corrected chi connectivity index (χ0v) is 16.1. The zero-order valence-electron chi connectivity index (χ0n) is 15.3. The highest BCUT2D eigenvalue weighted by atomic mass is 32.1. The van der Waals surface area contributed by atoms with Crippen molar-refractivity contribution in [2.24, 2.45) is 0 Å². The van der Waals surface area contributed by atoms with Crippen LogP contribution in [0.15, 0.2) is 78.9 Å². The Morgan fingerprint density at radius 1 is 0.857 bits per heavy atom. The first kappa shape index (κ1) is 18.1. The first-order chi connectivity index (χ1) is 13.6. The summed E-state index contributed by atoms with van der Waals surface area (Å²) < 4.78 is 1.10. The molecule has 0 aliphatic heterocycles. The fraction of sp³-hybridized carbons (Fsp3) is 0.0870. The number of thiazole rings is 1. The van der Waals surface area contributed by atoms with Gasteiger partial charge in [-0.15, -0.1) is 11.3 Å². The lowest BCUT2D eigenvalue weighted by molar-refractivity contribution is 0.0780. The first-order valence-corrected chi connectivity index (χ1v) is 9.74. The molecule has 0 saturated heterocycles. The summed E-state index contributed by atoms with van der Waals surface area (Å²) in [5.41, 5.74) is 2.31. The number of ketones is 1. The first-order valence-electron chi connectivity index (χ1n) is 8.92. The Morgan fingerprint density at radius 2 is 1.50 bits per heavy atom. The summed E-state index contributed by atoms with van der Waals surface area (Å²) in [7, 11) is 1.73. The van der Waals surface area contributed by atoms with Gasteiger partial charge in [-0.3, -0.25) is 9.59 Å². The number of aromatic nitrogens is 1. The molecule has 0 fully saturated rings. The summed E-state index contributed by atoms with van der Waals surface area (Å²) >= 11 is 1.57. The molecule has 0 aliphatic rings. The molecule has 138 valence electrons. The van der Waals surface area contributed by atoms with Gasteiger partial charge in [0.15, 0.2) is 5.78 Å². The van der Waals surface area contributed by atoms with E-state index in [1.54, 1.807) is 59.7 Å². The SMILES string of the molecule is CN(Cc1nc2ccccc2s1)C(=O)c1ccccc1C(=O)c1ccccc1. The molecule has 0 atom stereocenters. The van der Waals surface area contributed by atoms with Crippen molar-refractivity contribution >= 4 is 33.2 Å². The lowest BCUT2D eigenvalue weighted by Crippen LogP contribution is -2.27. The molecule has 28 heavy (non-hydrogen) atoms. The monoisotopic (exact) mass is 386 g/mol. The highest BCUT2D eigenvalue weighted by Crippen LogP contribution is 2.23. The van der Waals surface area contributed by atoms with Crippen LogP contribution in [0.25, 0.3) is 10.2 Å². The minimum absolute atomic E-state index is 0.155. The molecule has 3 aromatic carbocycles. The van der Waals surface area contributed by atoms with Crippen LogP contribution in [0.5, 0.6) is 0 Å². The third-order valence-corrected chi connectivity index (χ3v) is 5.52. The maximum Gasteiger partial charge on any atom is 0.254 e. The second kappa shape index (κ2) is 7.74. The summed E-state index contributed by atoms with van der Waals surface area (Å²) in [5, 5.41) is 0.865. The van der Waals surface area contributed by atoms with Gasteiger partial charge in [-0.25, -0.2) is 4.98 Å². The van der Waals surface area contributed by atoms with E-state index in [1.165, 1.54) is 0 Å². The van der Waals surface area contributed by atoms with Crippen LogP contribution >= 0.6 is 11.3 Å². The fourth-order valence-electron chi connectivity index (χ4n) is 3.08. The van der Waals surface area contributed by atoms with Gasteiger partial charge >= 0.3 is 0 Å². The van der Waals surface area contributed by atoms with Gasteiger partial charge in [0.25, 0.3) is 5.91 Å². The van der Waals surface area contributed by atoms with Gasteiger partial charge in [0.2, 0.25) is 0 Å². The van der Waals surface area contributed by atoms with Crippen LogP contribution in [0.1, 0.15) is 31.3 Å². The minimum Gasteiger partial charge on any atom is -0.335 e. The molecule has 0 N–H and O–H groups in total. The molecule has 0 radical (unpaired) electrons. The van der Waals surface area contributed by atoms with Crippen molar-refractivity contribution in [2.75, 3.05) is 7.05 Å². The highest BCUT2D eigenvalue weighted by Gasteiger charge is 2.21. The smallest absolute Gasteiger partial charge is 0.254 e.